The van der Waals surface area contributed by atoms with E-state index in [0.717, 1.165) is 16.6 Å². The third-order valence-electron chi connectivity index (χ3n) is 4.44. The number of hydrogen-bond acceptors (Lipinski definition) is 6. The van der Waals surface area contributed by atoms with Gasteiger partial charge in [-0.05, 0) is 36.8 Å². The van der Waals surface area contributed by atoms with Gasteiger partial charge in [-0.25, -0.2) is 9.11 Å². The maximum Gasteiger partial charge on any atom is 0.127 e. The Kier molecular flexibility index (Phi) is 7.29. The zero-order chi connectivity index (χ0) is 20.8. The molecule has 0 saturated carbocycles. The first kappa shape index (κ1) is 21.3. The Bertz CT molecular complexity index is 997. The van der Waals surface area contributed by atoms with Crippen LogP contribution in [0.2, 0.25) is 0 Å². The molecule has 1 heterocycles. The quantitative estimate of drug-likeness (QED) is 0.291. The second kappa shape index (κ2) is 9.90. The van der Waals surface area contributed by atoms with Gasteiger partial charge in [-0.3, -0.25) is 9.31 Å². The molecule has 1 aromatic heterocycles. The minimum absolute atomic E-state index is 0.165. The first-order chi connectivity index (χ1) is 13.9. The lowest BCUT2D eigenvalue weighted by Gasteiger charge is -2.15. The van der Waals surface area contributed by atoms with Crippen molar-refractivity contribution in [1.29, 1.82) is 0 Å². The molecule has 0 bridgehead atoms. The first-order valence-corrected chi connectivity index (χ1v) is 10.1. The SMILES string of the molecule is Cc1[nH]nc2cc(OCCNCC(O)c3ccc(F)c(CNS(=O)[O-])c3)ccc12. The molecule has 0 spiro atoms. The molecule has 0 fully saturated rings. The smallest absolute Gasteiger partial charge is 0.127 e. The number of benzene rings is 2. The molecule has 2 unspecified atom stereocenters. The van der Waals surface area contributed by atoms with E-state index in [1.165, 1.54) is 18.2 Å². The normalized spacial score (nSPS) is 13.5. The van der Waals surface area contributed by atoms with E-state index in [2.05, 4.69) is 20.2 Å². The summed E-state index contributed by atoms with van der Waals surface area (Å²) in [6.45, 7) is 2.92. The summed E-state index contributed by atoms with van der Waals surface area (Å²) in [5, 5.41) is 21.5. The number of aromatic amines is 1. The van der Waals surface area contributed by atoms with Crippen LogP contribution in [0, 0.1) is 12.7 Å². The molecule has 0 aliphatic rings. The van der Waals surface area contributed by atoms with E-state index in [4.69, 9.17) is 4.74 Å². The van der Waals surface area contributed by atoms with Crippen molar-refractivity contribution in [1.82, 2.24) is 20.2 Å². The van der Waals surface area contributed by atoms with Gasteiger partial charge in [0.2, 0.25) is 0 Å². The van der Waals surface area contributed by atoms with Crippen molar-refractivity contribution >= 4 is 22.2 Å². The van der Waals surface area contributed by atoms with E-state index in [1.54, 1.807) is 0 Å². The highest BCUT2D eigenvalue weighted by molar-refractivity contribution is 7.77. The predicted octanol–water partition coefficient (Wildman–Crippen LogP) is 1.60. The van der Waals surface area contributed by atoms with Crippen molar-refractivity contribution in [3.63, 3.8) is 0 Å². The number of halogens is 1. The van der Waals surface area contributed by atoms with Gasteiger partial charge >= 0.3 is 0 Å². The van der Waals surface area contributed by atoms with Crippen LogP contribution in [0.4, 0.5) is 4.39 Å². The molecule has 2 atom stereocenters. The second-order valence-electron chi connectivity index (χ2n) is 6.50. The minimum atomic E-state index is -2.48. The van der Waals surface area contributed by atoms with Crippen LogP contribution in [0.15, 0.2) is 36.4 Å². The van der Waals surface area contributed by atoms with Crippen LogP contribution < -0.4 is 14.8 Å². The molecule has 0 aliphatic heterocycles. The predicted molar refractivity (Wildman–Crippen MR) is 106 cm³/mol. The Morgan fingerprint density at radius 3 is 2.97 bits per heavy atom. The maximum absolute atomic E-state index is 13.7. The molecule has 3 rings (SSSR count). The van der Waals surface area contributed by atoms with E-state index in [-0.39, 0.29) is 18.7 Å². The van der Waals surface area contributed by atoms with E-state index in [0.29, 0.717) is 24.5 Å². The number of aliphatic hydroxyl groups is 1. The third-order valence-corrected chi connectivity index (χ3v) is 4.82. The summed E-state index contributed by atoms with van der Waals surface area (Å²) in [5.74, 6) is 0.169. The zero-order valence-electron chi connectivity index (χ0n) is 15.8. The van der Waals surface area contributed by atoms with Gasteiger partial charge in [0.1, 0.15) is 18.2 Å². The van der Waals surface area contributed by atoms with E-state index >= 15 is 0 Å². The number of nitrogens with zero attached hydrogens (tertiary/aromatic N) is 1. The summed E-state index contributed by atoms with van der Waals surface area (Å²) in [4.78, 5) is 0. The summed E-state index contributed by atoms with van der Waals surface area (Å²) >= 11 is -2.48. The molecule has 0 amide bonds. The highest BCUT2D eigenvalue weighted by Gasteiger charge is 2.11. The molecule has 29 heavy (non-hydrogen) atoms. The number of aliphatic hydroxyl groups excluding tert-OH is 1. The van der Waals surface area contributed by atoms with Crippen molar-refractivity contribution in [3.8, 4) is 5.75 Å². The number of fused-ring (bicyclic) bond motifs is 1. The van der Waals surface area contributed by atoms with Crippen molar-refractivity contribution in [3.05, 3.63) is 59.0 Å². The first-order valence-electron chi connectivity index (χ1n) is 9.01. The van der Waals surface area contributed by atoms with Crippen LogP contribution in [-0.4, -0.2) is 43.8 Å². The molecule has 0 radical (unpaired) electrons. The van der Waals surface area contributed by atoms with E-state index in [9.17, 15) is 18.3 Å². The van der Waals surface area contributed by atoms with Crippen molar-refractivity contribution in [2.45, 2.75) is 19.6 Å². The fraction of sp³-hybridized carbons (Fsp3) is 0.316. The molecule has 0 aliphatic carbocycles. The van der Waals surface area contributed by atoms with Crippen LogP contribution in [0.25, 0.3) is 10.9 Å². The lowest BCUT2D eigenvalue weighted by Crippen LogP contribution is -2.26. The Labute approximate surface area is 169 Å². The van der Waals surface area contributed by atoms with Gasteiger partial charge in [-0.2, -0.15) is 5.10 Å². The van der Waals surface area contributed by atoms with Gasteiger partial charge < -0.3 is 19.7 Å². The van der Waals surface area contributed by atoms with Gasteiger partial charge in [0.15, 0.2) is 0 Å². The summed E-state index contributed by atoms with van der Waals surface area (Å²) < 4.78 is 42.7. The van der Waals surface area contributed by atoms with E-state index in [1.807, 2.05) is 25.1 Å². The topological polar surface area (TPSA) is 122 Å². The van der Waals surface area contributed by atoms with Crippen LogP contribution >= 0.6 is 0 Å². The Morgan fingerprint density at radius 1 is 1.34 bits per heavy atom. The Hall–Kier alpha value is -2.37. The monoisotopic (exact) mass is 421 g/mol. The fourth-order valence-electron chi connectivity index (χ4n) is 2.89. The molecular formula is C19H22FN4O4S-. The van der Waals surface area contributed by atoms with Crippen molar-refractivity contribution in [2.75, 3.05) is 19.7 Å². The molecule has 156 valence electrons. The second-order valence-corrected chi connectivity index (χ2v) is 7.26. The Balaban J connectivity index is 1.45. The van der Waals surface area contributed by atoms with Crippen LogP contribution in [0.1, 0.15) is 22.9 Å². The number of aromatic nitrogens is 2. The van der Waals surface area contributed by atoms with Gasteiger partial charge in [-0.1, -0.05) is 6.07 Å². The molecule has 0 saturated heterocycles. The van der Waals surface area contributed by atoms with Gasteiger partial charge in [-0.15, -0.1) is 0 Å². The highest BCUT2D eigenvalue weighted by atomic mass is 32.2. The van der Waals surface area contributed by atoms with Crippen LogP contribution in [0.3, 0.4) is 0 Å². The molecule has 8 nitrogen and oxygen atoms in total. The van der Waals surface area contributed by atoms with Gasteiger partial charge in [0.25, 0.3) is 0 Å². The summed E-state index contributed by atoms with van der Waals surface area (Å²) in [6, 6.07) is 9.80. The van der Waals surface area contributed by atoms with Crippen LogP contribution in [0.5, 0.6) is 5.75 Å². The molecule has 3 aromatic rings. The van der Waals surface area contributed by atoms with Crippen molar-refractivity contribution < 1.29 is 23.0 Å². The molecule has 10 heteroatoms. The largest absolute Gasteiger partial charge is 0.760 e. The number of rotatable bonds is 10. The third kappa shape index (κ3) is 5.81. The number of aryl methyl sites for hydroxylation is 1. The number of nitrogens with one attached hydrogen (secondary N) is 3. The average molecular weight is 421 g/mol. The van der Waals surface area contributed by atoms with Crippen LogP contribution in [-0.2, 0) is 17.8 Å². The number of ether oxygens (including phenoxy) is 1. The molecule has 2 aromatic carbocycles. The summed E-state index contributed by atoms with van der Waals surface area (Å²) in [5.41, 5.74) is 2.50. The molecular weight excluding hydrogens is 399 g/mol. The highest BCUT2D eigenvalue weighted by Crippen LogP contribution is 2.21. The minimum Gasteiger partial charge on any atom is -0.760 e. The van der Waals surface area contributed by atoms with E-state index < -0.39 is 23.2 Å². The van der Waals surface area contributed by atoms with Gasteiger partial charge in [0.05, 0.1) is 11.6 Å². The lowest BCUT2D eigenvalue weighted by molar-refractivity contribution is 0.171. The zero-order valence-corrected chi connectivity index (χ0v) is 16.6. The lowest BCUT2D eigenvalue weighted by atomic mass is 10.1. The Morgan fingerprint density at radius 2 is 2.17 bits per heavy atom. The number of H-pyrrole nitrogens is 1. The van der Waals surface area contributed by atoms with Gasteiger partial charge in [0, 0.05) is 53.6 Å². The van der Waals surface area contributed by atoms with Crippen molar-refractivity contribution in [2.24, 2.45) is 0 Å². The number of hydrogen-bond donors (Lipinski definition) is 4. The average Bonchev–Trinajstić information content (AvgIpc) is 3.07. The standard InChI is InChI=1S/C19H23FN4O4S/c1-12-16-4-3-15(9-18(16)24-23-12)28-7-6-21-11-19(25)13-2-5-17(20)14(8-13)10-22-29(26)27/h2-5,8-9,19,21-22,25H,6-7,10-11H2,1H3,(H,23,24)(H,26,27)/p-1. The summed E-state index contributed by atoms with van der Waals surface area (Å²) in [6.07, 6.45) is -0.865. The fourth-order valence-corrected chi connectivity index (χ4v) is 3.16. The summed E-state index contributed by atoms with van der Waals surface area (Å²) in [7, 11) is 0. The molecule has 4 N–H and O–H groups in total. The maximum atomic E-state index is 13.7.